The highest BCUT2D eigenvalue weighted by Crippen LogP contribution is 2.43. The summed E-state index contributed by atoms with van der Waals surface area (Å²) in [6.07, 6.45) is 48.9. The SMILES string of the molecule is CC/C=C\C/C=C\C/C=C\C/C=C\C/C=C\CCCCCC(=O)OC(COC(=O)CC/C=C\C/C=C\C/C=C\C/C=C\CC)COP(=O)(O)OCC(N)C(=O)O. The third-order valence-corrected chi connectivity index (χ3v) is 8.48. The van der Waals surface area contributed by atoms with E-state index in [2.05, 4.69) is 110 Å². The minimum absolute atomic E-state index is 0.0856. The molecule has 0 fully saturated rings. The summed E-state index contributed by atoms with van der Waals surface area (Å²) in [5.41, 5.74) is 5.31. The van der Waals surface area contributed by atoms with Gasteiger partial charge in [-0.05, 0) is 83.5 Å². The summed E-state index contributed by atoms with van der Waals surface area (Å²) in [5.74, 6) is -2.54. The molecule has 0 spiro atoms. The zero-order valence-corrected chi connectivity index (χ0v) is 34.6. The molecule has 3 atom stereocenters. The Bertz CT molecular complexity index is 1360. The Morgan fingerprint density at radius 1 is 0.554 bits per heavy atom. The van der Waals surface area contributed by atoms with Crippen molar-refractivity contribution in [2.75, 3.05) is 19.8 Å². The number of hydrogen-bond acceptors (Lipinski definition) is 9. The highest BCUT2D eigenvalue weighted by Gasteiger charge is 2.28. The van der Waals surface area contributed by atoms with Gasteiger partial charge in [0.1, 0.15) is 12.6 Å². The van der Waals surface area contributed by atoms with Crippen LogP contribution in [0.1, 0.15) is 117 Å². The molecule has 314 valence electrons. The Kier molecular flexibility index (Phi) is 35.4. The molecule has 0 saturated heterocycles. The first-order valence-corrected chi connectivity index (χ1v) is 21.4. The lowest BCUT2D eigenvalue weighted by atomic mass is 10.1. The zero-order chi connectivity index (χ0) is 41.4. The number of carbonyl (C=O) groups excluding carboxylic acids is 2. The second-order valence-electron chi connectivity index (χ2n) is 12.6. The molecule has 0 heterocycles. The molecule has 11 nitrogen and oxygen atoms in total. The van der Waals surface area contributed by atoms with Crippen LogP contribution in [-0.4, -0.2) is 59.9 Å². The van der Waals surface area contributed by atoms with E-state index in [0.29, 0.717) is 12.8 Å². The summed E-state index contributed by atoms with van der Waals surface area (Å²) in [7, 11) is -4.75. The van der Waals surface area contributed by atoms with Gasteiger partial charge in [-0.25, -0.2) is 4.57 Å². The standard InChI is InChI=1S/C44H68NO10P/c1-3-5-7-9-11-13-15-17-18-19-20-21-22-24-26-28-30-32-34-36-43(47)55-40(38-53-56(50,51)54-39-41(45)44(48)49)37-52-42(46)35-33-31-29-27-25-23-16-14-12-10-8-6-4-2/h5-8,11-14,17-18,20-21,23-26,29,31,40-41H,3-4,9-10,15-16,19,22,27-28,30,32-39,45H2,1-2H3,(H,48,49)(H,50,51)/b7-5-,8-6-,13-11-,14-12-,18-17-,21-20-,25-23-,26-24-,31-29-. The fourth-order valence-corrected chi connectivity index (χ4v) is 5.23. The number of unbranched alkanes of at least 4 members (excludes halogenated alkanes) is 3. The molecule has 0 bridgehead atoms. The molecule has 12 heteroatoms. The highest BCUT2D eigenvalue weighted by atomic mass is 31.2. The van der Waals surface area contributed by atoms with Crippen LogP contribution in [0, 0.1) is 0 Å². The maximum Gasteiger partial charge on any atom is 0.472 e. The molecule has 0 aromatic carbocycles. The molecule has 0 rings (SSSR count). The first-order valence-electron chi connectivity index (χ1n) is 19.9. The molecule has 0 radical (unpaired) electrons. The maximum atomic E-state index is 12.6. The van der Waals surface area contributed by atoms with E-state index >= 15 is 0 Å². The largest absolute Gasteiger partial charge is 0.480 e. The van der Waals surface area contributed by atoms with E-state index in [1.807, 2.05) is 18.2 Å². The average Bonchev–Trinajstić information content (AvgIpc) is 3.17. The number of carboxylic acid groups (broad SMARTS) is 1. The molecule has 0 saturated carbocycles. The van der Waals surface area contributed by atoms with E-state index in [-0.39, 0.29) is 12.8 Å². The van der Waals surface area contributed by atoms with Crippen molar-refractivity contribution in [1.29, 1.82) is 0 Å². The topological polar surface area (TPSA) is 172 Å². The predicted molar refractivity (Wildman–Crippen MR) is 226 cm³/mol. The predicted octanol–water partition coefficient (Wildman–Crippen LogP) is 10.3. The van der Waals surface area contributed by atoms with Gasteiger partial charge >= 0.3 is 25.7 Å². The van der Waals surface area contributed by atoms with Crippen LogP contribution in [0.3, 0.4) is 0 Å². The molecule has 0 aromatic rings. The van der Waals surface area contributed by atoms with E-state index in [1.54, 1.807) is 0 Å². The molecule has 0 aliphatic heterocycles. The van der Waals surface area contributed by atoms with Crippen molar-refractivity contribution in [3.8, 4) is 0 Å². The molecular weight excluding hydrogens is 733 g/mol. The number of aliphatic carboxylic acids is 1. The molecule has 0 aromatic heterocycles. The van der Waals surface area contributed by atoms with Crippen molar-refractivity contribution >= 4 is 25.7 Å². The van der Waals surface area contributed by atoms with Gasteiger partial charge in [0.05, 0.1) is 13.2 Å². The number of esters is 2. The number of carboxylic acids is 1. The summed E-state index contributed by atoms with van der Waals surface area (Å²) < 4.78 is 32.5. The van der Waals surface area contributed by atoms with E-state index in [9.17, 15) is 23.8 Å². The summed E-state index contributed by atoms with van der Waals surface area (Å²) in [4.78, 5) is 45.8. The number of rotatable bonds is 35. The monoisotopic (exact) mass is 801 g/mol. The van der Waals surface area contributed by atoms with Gasteiger partial charge in [-0.1, -0.05) is 130 Å². The van der Waals surface area contributed by atoms with Crippen LogP contribution in [-0.2, 0) is 37.5 Å². The second kappa shape index (κ2) is 38.0. The number of nitrogens with two attached hydrogens (primary N) is 1. The average molecular weight is 802 g/mol. The van der Waals surface area contributed by atoms with Crippen LogP contribution in [0.15, 0.2) is 109 Å². The Morgan fingerprint density at radius 3 is 1.45 bits per heavy atom. The lowest BCUT2D eigenvalue weighted by Crippen LogP contribution is -2.34. The first-order chi connectivity index (χ1) is 27.1. The normalized spacial score (nSPS) is 14.9. The second-order valence-corrected chi connectivity index (χ2v) is 14.1. The van der Waals surface area contributed by atoms with E-state index in [1.165, 1.54) is 0 Å². The van der Waals surface area contributed by atoms with Crippen LogP contribution >= 0.6 is 7.82 Å². The van der Waals surface area contributed by atoms with Gasteiger partial charge in [-0.2, -0.15) is 0 Å². The van der Waals surface area contributed by atoms with Gasteiger partial charge in [-0.15, -0.1) is 0 Å². The maximum absolute atomic E-state index is 12.6. The smallest absolute Gasteiger partial charge is 0.472 e. The van der Waals surface area contributed by atoms with Crippen LogP contribution < -0.4 is 5.73 Å². The Morgan fingerprint density at radius 2 is 0.982 bits per heavy atom. The van der Waals surface area contributed by atoms with Gasteiger partial charge in [0.25, 0.3) is 0 Å². The third kappa shape index (κ3) is 37.1. The van der Waals surface area contributed by atoms with Crippen molar-refractivity contribution in [2.45, 2.75) is 129 Å². The molecule has 3 unspecified atom stereocenters. The van der Waals surface area contributed by atoms with Gasteiger partial charge in [-0.3, -0.25) is 23.4 Å². The van der Waals surface area contributed by atoms with Crippen molar-refractivity contribution in [1.82, 2.24) is 0 Å². The zero-order valence-electron chi connectivity index (χ0n) is 33.7. The minimum Gasteiger partial charge on any atom is -0.480 e. The molecule has 4 N–H and O–H groups in total. The van der Waals surface area contributed by atoms with Crippen LogP contribution in [0.25, 0.3) is 0 Å². The Labute approximate surface area is 336 Å². The lowest BCUT2D eigenvalue weighted by Gasteiger charge is -2.20. The summed E-state index contributed by atoms with van der Waals surface area (Å²) in [6, 6.07) is -1.54. The molecule has 0 amide bonds. The van der Waals surface area contributed by atoms with Crippen molar-refractivity contribution < 1.29 is 47.5 Å². The van der Waals surface area contributed by atoms with Gasteiger partial charge in [0, 0.05) is 12.8 Å². The fourth-order valence-electron chi connectivity index (χ4n) is 4.46. The van der Waals surface area contributed by atoms with E-state index < -0.39 is 57.7 Å². The van der Waals surface area contributed by atoms with E-state index in [4.69, 9.17) is 24.8 Å². The molecule has 0 aliphatic rings. The van der Waals surface area contributed by atoms with Crippen molar-refractivity contribution in [3.05, 3.63) is 109 Å². The van der Waals surface area contributed by atoms with Crippen molar-refractivity contribution in [2.24, 2.45) is 5.73 Å². The van der Waals surface area contributed by atoms with E-state index in [0.717, 1.165) is 77.0 Å². The number of carbonyl (C=O) groups is 3. The van der Waals surface area contributed by atoms with Crippen molar-refractivity contribution in [3.63, 3.8) is 0 Å². The highest BCUT2D eigenvalue weighted by molar-refractivity contribution is 7.47. The quantitative estimate of drug-likeness (QED) is 0.0241. The Hall–Kier alpha value is -3.86. The molecular formula is C44H68NO10P. The number of allylic oxidation sites excluding steroid dienone is 18. The molecule has 0 aliphatic carbocycles. The fraction of sp³-hybridized carbons (Fsp3) is 0.523. The minimum atomic E-state index is -4.75. The van der Waals surface area contributed by atoms with Gasteiger partial charge in [0.2, 0.25) is 0 Å². The van der Waals surface area contributed by atoms with Crippen LogP contribution in [0.4, 0.5) is 0 Å². The summed E-state index contributed by atoms with van der Waals surface area (Å²) >= 11 is 0. The number of phosphoric ester groups is 1. The summed E-state index contributed by atoms with van der Waals surface area (Å²) in [6.45, 7) is 2.42. The number of hydrogen-bond donors (Lipinski definition) is 3. The number of ether oxygens (including phenoxy) is 2. The summed E-state index contributed by atoms with van der Waals surface area (Å²) in [5, 5.41) is 8.87. The van der Waals surface area contributed by atoms with Gasteiger partial charge in [0.15, 0.2) is 6.10 Å². The molecule has 56 heavy (non-hydrogen) atoms. The lowest BCUT2D eigenvalue weighted by molar-refractivity contribution is -0.161. The number of phosphoric acid groups is 1. The van der Waals surface area contributed by atoms with Crippen LogP contribution in [0.5, 0.6) is 0 Å². The first kappa shape index (κ1) is 52.1. The van der Waals surface area contributed by atoms with Crippen LogP contribution in [0.2, 0.25) is 0 Å². The Balaban J connectivity index is 4.59. The third-order valence-electron chi connectivity index (χ3n) is 7.53. The van der Waals surface area contributed by atoms with Gasteiger partial charge < -0.3 is 25.2 Å².